The number of aliphatic carboxylic acids is 1. The molecule has 4 atom stereocenters. The van der Waals surface area contributed by atoms with Crippen molar-refractivity contribution < 1.29 is 23.9 Å². The van der Waals surface area contributed by atoms with Crippen molar-refractivity contribution in [3.63, 3.8) is 0 Å². The Labute approximate surface area is 220 Å². The molecule has 1 aliphatic heterocycles. The molecule has 0 spiro atoms. The third-order valence-electron chi connectivity index (χ3n) is 7.11. The number of hydrogen-bond acceptors (Lipinski definition) is 7. The number of furan rings is 1. The lowest BCUT2D eigenvalue weighted by Gasteiger charge is -2.37. The van der Waals surface area contributed by atoms with Gasteiger partial charge in [-0.2, -0.15) is 0 Å². The van der Waals surface area contributed by atoms with Gasteiger partial charge in [-0.25, -0.2) is 4.79 Å². The summed E-state index contributed by atoms with van der Waals surface area (Å²) >= 11 is 4.13. The monoisotopic (exact) mass is 539 g/mol. The number of thiophene rings is 3. The molecule has 186 valence electrons. The van der Waals surface area contributed by atoms with Gasteiger partial charge in [0.1, 0.15) is 11.3 Å². The van der Waals surface area contributed by atoms with E-state index in [0.717, 1.165) is 20.9 Å². The van der Waals surface area contributed by atoms with Crippen molar-refractivity contribution in [1.82, 2.24) is 4.90 Å². The van der Waals surface area contributed by atoms with E-state index in [1.165, 1.54) is 38.9 Å². The van der Waals surface area contributed by atoms with Gasteiger partial charge in [-0.15, -0.1) is 34.0 Å². The van der Waals surface area contributed by atoms with Crippen molar-refractivity contribution in [2.75, 3.05) is 0 Å². The van der Waals surface area contributed by atoms with Gasteiger partial charge in [-0.3, -0.25) is 9.59 Å². The van der Waals surface area contributed by atoms with E-state index < -0.39 is 35.3 Å². The van der Waals surface area contributed by atoms with Crippen LogP contribution in [0.15, 0.2) is 57.0 Å². The number of carbonyl (C=O) groups is 3. The van der Waals surface area contributed by atoms with Gasteiger partial charge in [0.2, 0.25) is 5.78 Å². The highest BCUT2D eigenvalue weighted by molar-refractivity contribution is 7.12. The van der Waals surface area contributed by atoms with Crippen LogP contribution in [0, 0.1) is 26.7 Å². The summed E-state index contributed by atoms with van der Waals surface area (Å²) in [6.45, 7) is 7.20. The molecule has 4 unspecified atom stereocenters. The standard InChI is InChI=1S/C27H25NO5S3/c1-14-9-12-35-23(14)20-19(22(29)17-8-7-16(3)33-17)21(24-15(2)10-13-36-24)28(27(20,4)26(31)32)25(30)18-6-5-11-34-18/h5-13,19-21H,1-4H3,(H,31,32). The number of Topliss-reactive ketones (excluding diaryl/α,β-unsaturated/α-hetero) is 1. The van der Waals surface area contributed by atoms with Crippen LogP contribution in [0.25, 0.3) is 0 Å². The first-order valence-electron chi connectivity index (χ1n) is 11.5. The molecule has 0 aromatic carbocycles. The lowest BCUT2D eigenvalue weighted by molar-refractivity contribution is -0.148. The molecule has 9 heteroatoms. The largest absolute Gasteiger partial charge is 0.479 e. The molecule has 1 fully saturated rings. The second kappa shape index (κ2) is 9.14. The minimum Gasteiger partial charge on any atom is -0.479 e. The van der Waals surface area contributed by atoms with Gasteiger partial charge in [-0.05, 0) is 85.3 Å². The van der Waals surface area contributed by atoms with E-state index >= 15 is 0 Å². The number of carboxylic acid groups (broad SMARTS) is 1. The molecule has 4 aromatic rings. The summed E-state index contributed by atoms with van der Waals surface area (Å²) in [5.74, 6) is -2.69. The number of ketones is 1. The van der Waals surface area contributed by atoms with Crippen LogP contribution >= 0.6 is 34.0 Å². The number of amides is 1. The lowest BCUT2D eigenvalue weighted by Crippen LogP contribution is -2.54. The number of likely N-dealkylation sites (tertiary alicyclic amines) is 1. The summed E-state index contributed by atoms with van der Waals surface area (Å²) in [5.41, 5.74) is 0.136. The topological polar surface area (TPSA) is 87.8 Å². The van der Waals surface area contributed by atoms with E-state index in [9.17, 15) is 19.5 Å². The van der Waals surface area contributed by atoms with E-state index in [1.807, 2.05) is 36.7 Å². The van der Waals surface area contributed by atoms with Crippen LogP contribution in [0.4, 0.5) is 0 Å². The summed E-state index contributed by atoms with van der Waals surface area (Å²) < 4.78 is 5.75. The first kappa shape index (κ1) is 24.7. The van der Waals surface area contributed by atoms with Crippen LogP contribution in [-0.4, -0.2) is 33.2 Å². The zero-order valence-corrected chi connectivity index (χ0v) is 22.6. The summed E-state index contributed by atoms with van der Waals surface area (Å²) in [6, 6.07) is 9.92. The predicted octanol–water partition coefficient (Wildman–Crippen LogP) is 6.71. The van der Waals surface area contributed by atoms with E-state index in [4.69, 9.17) is 4.42 Å². The maximum atomic E-state index is 14.2. The molecule has 6 nitrogen and oxygen atoms in total. The fourth-order valence-corrected chi connectivity index (χ4v) is 8.26. The van der Waals surface area contributed by atoms with E-state index in [1.54, 1.807) is 43.5 Å². The second-order valence-corrected chi connectivity index (χ2v) is 12.1. The SMILES string of the molecule is Cc1ccc(C(=O)C2C(c3sccc3C)N(C(=O)c3cccs3)C(C)(C(=O)O)C2c2sccc2C)o1. The van der Waals surface area contributed by atoms with Crippen molar-refractivity contribution in [2.45, 2.75) is 45.2 Å². The van der Waals surface area contributed by atoms with Crippen molar-refractivity contribution >= 4 is 51.7 Å². The molecule has 0 aliphatic carbocycles. The Hall–Kier alpha value is -3.01. The molecule has 1 aliphatic rings. The van der Waals surface area contributed by atoms with Gasteiger partial charge in [0.15, 0.2) is 5.76 Å². The number of rotatable bonds is 6. The summed E-state index contributed by atoms with van der Waals surface area (Å²) in [6.07, 6.45) is 0. The third-order valence-corrected chi connectivity index (χ3v) is 10.2. The molecule has 5 heterocycles. The molecule has 1 amide bonds. The third kappa shape index (κ3) is 3.68. The van der Waals surface area contributed by atoms with Gasteiger partial charge >= 0.3 is 5.97 Å². The van der Waals surface area contributed by atoms with Gasteiger partial charge in [0.05, 0.1) is 16.8 Å². The van der Waals surface area contributed by atoms with Crippen molar-refractivity contribution in [2.24, 2.45) is 5.92 Å². The first-order chi connectivity index (χ1) is 17.2. The number of nitrogens with zero attached hydrogens (tertiary/aromatic N) is 1. The van der Waals surface area contributed by atoms with Crippen molar-refractivity contribution in [3.8, 4) is 0 Å². The first-order valence-corrected chi connectivity index (χ1v) is 14.1. The van der Waals surface area contributed by atoms with Gasteiger partial charge < -0.3 is 14.4 Å². The zero-order chi connectivity index (χ0) is 25.8. The Kier molecular flexibility index (Phi) is 6.26. The van der Waals surface area contributed by atoms with E-state index in [2.05, 4.69) is 0 Å². The number of hydrogen-bond donors (Lipinski definition) is 1. The fourth-order valence-electron chi connectivity index (χ4n) is 5.34. The highest BCUT2D eigenvalue weighted by atomic mass is 32.1. The average Bonchev–Trinajstić information content (AvgIpc) is 3.64. The van der Waals surface area contributed by atoms with E-state index in [-0.39, 0.29) is 11.5 Å². The summed E-state index contributed by atoms with van der Waals surface area (Å²) in [4.78, 5) is 45.1. The molecule has 1 saturated heterocycles. The molecular formula is C27H25NO5S3. The smallest absolute Gasteiger partial charge is 0.330 e. The predicted molar refractivity (Wildman–Crippen MR) is 141 cm³/mol. The Balaban J connectivity index is 1.83. The lowest BCUT2D eigenvalue weighted by atomic mass is 9.75. The maximum absolute atomic E-state index is 14.2. The fraction of sp³-hybridized carbons (Fsp3) is 0.296. The highest BCUT2D eigenvalue weighted by Crippen LogP contribution is 2.59. The molecule has 4 aromatic heterocycles. The number of aryl methyl sites for hydroxylation is 3. The van der Waals surface area contributed by atoms with Crippen molar-refractivity contribution in [1.29, 1.82) is 0 Å². The van der Waals surface area contributed by atoms with E-state index in [0.29, 0.717) is 10.6 Å². The minimum absolute atomic E-state index is 0.175. The Morgan fingerprint density at radius 2 is 1.58 bits per heavy atom. The highest BCUT2D eigenvalue weighted by Gasteiger charge is 2.66. The minimum atomic E-state index is -1.68. The normalized spacial score (nSPS) is 23.8. The van der Waals surface area contributed by atoms with Crippen molar-refractivity contribution in [3.05, 3.63) is 89.8 Å². The average molecular weight is 540 g/mol. The summed E-state index contributed by atoms with van der Waals surface area (Å²) in [7, 11) is 0. The molecule has 0 radical (unpaired) electrons. The molecule has 0 saturated carbocycles. The van der Waals surface area contributed by atoms with Gasteiger partial charge in [0.25, 0.3) is 5.91 Å². The quantitative estimate of drug-likeness (QED) is 0.275. The summed E-state index contributed by atoms with van der Waals surface area (Å²) in [5, 5.41) is 16.4. The van der Waals surface area contributed by atoms with Crippen LogP contribution in [0.5, 0.6) is 0 Å². The molecule has 36 heavy (non-hydrogen) atoms. The van der Waals surface area contributed by atoms with Crippen LogP contribution in [0.1, 0.15) is 65.8 Å². The van der Waals surface area contributed by atoms with Gasteiger partial charge in [-0.1, -0.05) is 6.07 Å². The van der Waals surface area contributed by atoms with Gasteiger partial charge in [0, 0.05) is 15.7 Å². The van der Waals surface area contributed by atoms with Crippen LogP contribution in [0.2, 0.25) is 0 Å². The van der Waals surface area contributed by atoms with Crippen LogP contribution < -0.4 is 0 Å². The Morgan fingerprint density at radius 1 is 0.917 bits per heavy atom. The number of carbonyl (C=O) groups excluding carboxylic acids is 2. The Morgan fingerprint density at radius 3 is 2.08 bits per heavy atom. The zero-order valence-electron chi connectivity index (χ0n) is 20.2. The maximum Gasteiger partial charge on any atom is 0.330 e. The molecular weight excluding hydrogens is 515 g/mol. The van der Waals surface area contributed by atoms with Crippen LogP contribution in [-0.2, 0) is 4.79 Å². The molecule has 0 bridgehead atoms. The molecule has 1 N–H and O–H groups in total. The number of carboxylic acids is 1. The second-order valence-electron chi connectivity index (χ2n) is 9.26. The Bertz CT molecular complexity index is 1450. The molecule has 5 rings (SSSR count). The van der Waals surface area contributed by atoms with Crippen LogP contribution in [0.3, 0.4) is 0 Å².